The summed E-state index contributed by atoms with van der Waals surface area (Å²) < 4.78 is 5.55. The minimum absolute atomic E-state index is 0.0334. The zero-order valence-corrected chi connectivity index (χ0v) is 16.7. The van der Waals surface area contributed by atoms with Crippen molar-refractivity contribution in [2.45, 2.75) is 25.3 Å². The van der Waals surface area contributed by atoms with Gasteiger partial charge in [0.25, 0.3) is 0 Å². The number of fused-ring (bicyclic) bond motifs is 3. The average Bonchev–Trinajstić information content (AvgIpc) is 3.27. The largest absolute Gasteiger partial charge is 0.481 e. The fourth-order valence-electron chi connectivity index (χ4n) is 3.95. The highest BCUT2D eigenvalue weighted by Gasteiger charge is 2.29. The lowest BCUT2D eigenvalue weighted by atomic mass is 9.98. The number of amides is 1. The molecule has 4 rings (SSSR count). The first kappa shape index (κ1) is 19.2. The molecule has 0 saturated heterocycles. The van der Waals surface area contributed by atoms with Crippen LogP contribution < -0.4 is 5.32 Å². The number of thiophene rings is 1. The molecule has 0 radical (unpaired) electrons. The molecule has 148 valence electrons. The summed E-state index contributed by atoms with van der Waals surface area (Å²) in [6.07, 6.45) is -0.800. The molecule has 1 heterocycles. The zero-order valence-electron chi connectivity index (χ0n) is 15.9. The zero-order chi connectivity index (χ0) is 20.4. The molecule has 1 amide bonds. The van der Waals surface area contributed by atoms with Crippen LogP contribution in [0.2, 0.25) is 0 Å². The van der Waals surface area contributed by atoms with Crippen molar-refractivity contribution in [3.05, 3.63) is 81.5 Å². The van der Waals surface area contributed by atoms with Crippen LogP contribution in [-0.2, 0) is 9.53 Å². The topological polar surface area (TPSA) is 75.6 Å². The number of benzene rings is 2. The maximum atomic E-state index is 12.5. The van der Waals surface area contributed by atoms with E-state index in [2.05, 4.69) is 29.6 Å². The van der Waals surface area contributed by atoms with Crippen LogP contribution in [0.1, 0.15) is 39.9 Å². The van der Waals surface area contributed by atoms with Crippen LogP contribution in [-0.4, -0.2) is 23.8 Å². The van der Waals surface area contributed by atoms with Crippen LogP contribution in [0.3, 0.4) is 0 Å². The molecule has 1 aliphatic rings. The summed E-state index contributed by atoms with van der Waals surface area (Å²) in [5.41, 5.74) is 5.41. The third-order valence-electron chi connectivity index (χ3n) is 5.29. The fraction of sp³-hybridized carbons (Fsp3) is 0.217. The normalized spacial score (nSPS) is 13.4. The Morgan fingerprint density at radius 3 is 2.24 bits per heavy atom. The Bertz CT molecular complexity index is 1010. The van der Waals surface area contributed by atoms with Gasteiger partial charge in [-0.15, -0.1) is 11.3 Å². The molecule has 1 aliphatic carbocycles. The predicted octanol–water partition coefficient (Wildman–Crippen LogP) is 5.11. The van der Waals surface area contributed by atoms with Gasteiger partial charge in [-0.25, -0.2) is 4.79 Å². The van der Waals surface area contributed by atoms with Gasteiger partial charge in [-0.3, -0.25) is 4.79 Å². The van der Waals surface area contributed by atoms with Gasteiger partial charge in [0.2, 0.25) is 0 Å². The second-order valence-corrected chi connectivity index (χ2v) is 8.17. The van der Waals surface area contributed by atoms with E-state index in [1.807, 2.05) is 42.6 Å². The molecular weight excluding hydrogens is 386 g/mol. The molecule has 29 heavy (non-hydrogen) atoms. The predicted molar refractivity (Wildman–Crippen MR) is 112 cm³/mol. The standard InChI is InChI=1S/C23H21NO4S/c1-14-15(10-11-29-14)21(12-22(25)26)24-23(27)28-13-20-18-8-4-2-6-16(18)17-7-3-5-9-19(17)20/h2-11,20-21H,12-13H2,1H3,(H,24,27)(H,25,26)/t21-/m1/s1. The van der Waals surface area contributed by atoms with E-state index in [1.165, 1.54) is 11.3 Å². The molecule has 0 fully saturated rings. The van der Waals surface area contributed by atoms with Gasteiger partial charge < -0.3 is 15.2 Å². The molecule has 5 nitrogen and oxygen atoms in total. The lowest BCUT2D eigenvalue weighted by Gasteiger charge is -2.19. The highest BCUT2D eigenvalue weighted by Crippen LogP contribution is 2.44. The van der Waals surface area contributed by atoms with Crippen molar-refractivity contribution in [1.82, 2.24) is 5.32 Å². The monoisotopic (exact) mass is 407 g/mol. The Hall–Kier alpha value is -3.12. The number of carboxylic acid groups (broad SMARTS) is 1. The van der Waals surface area contributed by atoms with Crippen LogP contribution >= 0.6 is 11.3 Å². The highest BCUT2D eigenvalue weighted by atomic mass is 32.1. The Morgan fingerprint density at radius 1 is 1.07 bits per heavy atom. The lowest BCUT2D eigenvalue weighted by Crippen LogP contribution is -2.31. The molecule has 0 saturated carbocycles. The minimum Gasteiger partial charge on any atom is -0.481 e. The Morgan fingerprint density at radius 2 is 1.69 bits per heavy atom. The molecule has 2 N–H and O–H groups in total. The van der Waals surface area contributed by atoms with Crippen molar-refractivity contribution >= 4 is 23.4 Å². The van der Waals surface area contributed by atoms with E-state index in [-0.39, 0.29) is 18.9 Å². The van der Waals surface area contributed by atoms with Crippen molar-refractivity contribution in [2.75, 3.05) is 6.61 Å². The van der Waals surface area contributed by atoms with E-state index < -0.39 is 18.1 Å². The van der Waals surface area contributed by atoms with Crippen LogP contribution in [0.5, 0.6) is 0 Å². The first-order valence-electron chi connectivity index (χ1n) is 9.42. The van der Waals surface area contributed by atoms with Gasteiger partial charge in [-0.05, 0) is 46.2 Å². The molecule has 1 aromatic heterocycles. The summed E-state index contributed by atoms with van der Waals surface area (Å²) in [7, 11) is 0. The van der Waals surface area contributed by atoms with Crippen molar-refractivity contribution < 1.29 is 19.4 Å². The van der Waals surface area contributed by atoms with E-state index in [4.69, 9.17) is 4.74 Å². The van der Waals surface area contributed by atoms with Gasteiger partial charge in [-0.2, -0.15) is 0 Å². The van der Waals surface area contributed by atoms with Gasteiger partial charge in [0.1, 0.15) is 6.61 Å². The fourth-order valence-corrected chi connectivity index (χ4v) is 4.72. The first-order chi connectivity index (χ1) is 14.0. The number of carbonyl (C=O) groups excluding carboxylic acids is 1. The smallest absolute Gasteiger partial charge is 0.407 e. The Balaban J connectivity index is 1.48. The Kier molecular flexibility index (Phi) is 5.36. The van der Waals surface area contributed by atoms with Crippen LogP contribution in [0.15, 0.2) is 60.0 Å². The minimum atomic E-state index is -0.973. The average molecular weight is 407 g/mol. The maximum absolute atomic E-state index is 12.5. The van der Waals surface area contributed by atoms with Gasteiger partial charge >= 0.3 is 12.1 Å². The SMILES string of the molecule is Cc1sccc1[C@@H](CC(=O)O)NC(=O)OCC1c2ccccc2-c2ccccc21. The number of carboxylic acids is 1. The Labute approximate surface area is 173 Å². The van der Waals surface area contributed by atoms with Crippen molar-refractivity contribution in [3.8, 4) is 11.1 Å². The van der Waals surface area contributed by atoms with Crippen LogP contribution in [0.4, 0.5) is 4.79 Å². The number of aryl methyl sites for hydroxylation is 1. The molecule has 1 atom stereocenters. The number of hydrogen-bond acceptors (Lipinski definition) is 4. The summed E-state index contributed by atoms with van der Waals surface area (Å²) >= 11 is 1.52. The third-order valence-corrected chi connectivity index (χ3v) is 6.15. The number of aliphatic carboxylic acids is 1. The molecule has 6 heteroatoms. The number of nitrogens with one attached hydrogen (secondary N) is 1. The summed E-state index contributed by atoms with van der Waals surface area (Å²) in [4.78, 5) is 24.7. The van der Waals surface area contributed by atoms with Crippen molar-refractivity contribution in [2.24, 2.45) is 0 Å². The lowest BCUT2D eigenvalue weighted by molar-refractivity contribution is -0.137. The number of hydrogen-bond donors (Lipinski definition) is 2. The van der Waals surface area contributed by atoms with Gasteiger partial charge in [-0.1, -0.05) is 48.5 Å². The summed E-state index contributed by atoms with van der Waals surface area (Å²) in [5, 5.41) is 13.8. The first-order valence-corrected chi connectivity index (χ1v) is 10.3. The van der Waals surface area contributed by atoms with Crippen molar-refractivity contribution in [3.63, 3.8) is 0 Å². The maximum Gasteiger partial charge on any atom is 0.407 e. The quantitative estimate of drug-likeness (QED) is 0.595. The molecule has 0 aliphatic heterocycles. The van der Waals surface area contributed by atoms with Crippen LogP contribution in [0.25, 0.3) is 11.1 Å². The summed E-state index contributed by atoms with van der Waals surface area (Å²) in [5.74, 6) is -1.01. The number of ether oxygens (including phenoxy) is 1. The van der Waals surface area contributed by atoms with E-state index in [1.54, 1.807) is 0 Å². The van der Waals surface area contributed by atoms with Gasteiger partial charge in [0.15, 0.2) is 0 Å². The van der Waals surface area contributed by atoms with Gasteiger partial charge in [0.05, 0.1) is 12.5 Å². The third kappa shape index (κ3) is 3.89. The molecular formula is C23H21NO4S. The van der Waals surface area contributed by atoms with E-state index in [9.17, 15) is 14.7 Å². The van der Waals surface area contributed by atoms with Crippen molar-refractivity contribution in [1.29, 1.82) is 0 Å². The van der Waals surface area contributed by atoms with E-state index in [0.717, 1.165) is 32.7 Å². The molecule has 0 bridgehead atoms. The summed E-state index contributed by atoms with van der Waals surface area (Å²) in [6.45, 7) is 2.11. The summed E-state index contributed by atoms with van der Waals surface area (Å²) in [6, 6.07) is 17.5. The highest BCUT2D eigenvalue weighted by molar-refractivity contribution is 7.10. The molecule has 0 unspecified atom stereocenters. The van der Waals surface area contributed by atoms with E-state index in [0.29, 0.717) is 0 Å². The van der Waals surface area contributed by atoms with E-state index >= 15 is 0 Å². The number of rotatable bonds is 6. The second-order valence-electron chi connectivity index (χ2n) is 7.05. The molecule has 0 spiro atoms. The van der Waals surface area contributed by atoms with Crippen LogP contribution in [0, 0.1) is 6.92 Å². The second kappa shape index (κ2) is 8.09. The molecule has 2 aromatic carbocycles. The number of carbonyl (C=O) groups is 2. The van der Waals surface area contributed by atoms with Gasteiger partial charge in [0, 0.05) is 10.8 Å². The molecule has 3 aromatic rings. The number of alkyl carbamates (subject to hydrolysis) is 1.